The van der Waals surface area contributed by atoms with Crippen LogP contribution in [-0.4, -0.2) is 57.1 Å². The number of aliphatic carboxylic acids is 1. The highest BCUT2D eigenvalue weighted by Gasteiger charge is 2.00. The Morgan fingerprint density at radius 1 is 0.926 bits per heavy atom. The molecule has 152 valence electrons. The molecule has 0 aliphatic rings. The molecule has 1 rings (SSSR count). The van der Waals surface area contributed by atoms with Crippen LogP contribution in [0.15, 0.2) is 30.3 Å². The van der Waals surface area contributed by atoms with Crippen LogP contribution in [0.2, 0.25) is 0 Å². The molecule has 0 heterocycles. The molecular formula is C18H26O9. The van der Waals surface area contributed by atoms with E-state index in [4.69, 9.17) is 14.7 Å². The lowest BCUT2D eigenvalue weighted by molar-refractivity contribution is -0.141. The number of methoxy groups -OCH3 is 3. The molecule has 0 saturated heterocycles. The first-order chi connectivity index (χ1) is 12.8. The molecule has 0 aliphatic heterocycles. The Hall–Kier alpha value is -3.23. The van der Waals surface area contributed by atoms with Crippen molar-refractivity contribution in [2.75, 3.05) is 21.3 Å². The van der Waals surface area contributed by atoms with Crippen molar-refractivity contribution in [3.05, 3.63) is 35.9 Å². The lowest BCUT2D eigenvalue weighted by Gasteiger charge is -1.93. The quantitative estimate of drug-likeness (QED) is 0.419. The minimum Gasteiger partial charge on any atom is -0.481 e. The molecule has 9 nitrogen and oxygen atoms in total. The SMILES string of the molecule is COC(=O)CCC(C)=O.COC=O.COC=O.O=C(O)Cc1ccccc1. The molecule has 0 amide bonds. The Labute approximate surface area is 158 Å². The normalized spacial score (nSPS) is 7.85. The number of carbonyl (C=O) groups excluding carboxylic acids is 4. The average Bonchev–Trinajstić information content (AvgIpc) is 2.67. The van der Waals surface area contributed by atoms with Crippen molar-refractivity contribution in [2.24, 2.45) is 0 Å². The maximum Gasteiger partial charge on any atom is 0.307 e. The van der Waals surface area contributed by atoms with Crippen LogP contribution in [0.3, 0.4) is 0 Å². The zero-order valence-corrected chi connectivity index (χ0v) is 15.9. The maximum absolute atomic E-state index is 10.3. The highest BCUT2D eigenvalue weighted by Crippen LogP contribution is 1.98. The summed E-state index contributed by atoms with van der Waals surface area (Å²) in [7, 11) is 3.93. The maximum atomic E-state index is 10.3. The molecule has 0 aromatic heterocycles. The van der Waals surface area contributed by atoms with E-state index in [1.165, 1.54) is 28.3 Å². The van der Waals surface area contributed by atoms with E-state index in [1.807, 2.05) is 18.2 Å². The van der Waals surface area contributed by atoms with Gasteiger partial charge in [0.2, 0.25) is 0 Å². The number of carboxylic acids is 1. The summed E-state index contributed by atoms with van der Waals surface area (Å²) >= 11 is 0. The number of ketones is 1. The van der Waals surface area contributed by atoms with Crippen molar-refractivity contribution >= 4 is 30.7 Å². The third kappa shape index (κ3) is 31.1. The predicted octanol–water partition coefficient (Wildman–Crippen LogP) is 1.42. The summed E-state index contributed by atoms with van der Waals surface area (Å²) in [4.78, 5) is 48.7. The minimum absolute atomic E-state index is 0.0143. The average molecular weight is 386 g/mol. The fourth-order valence-electron chi connectivity index (χ4n) is 1.15. The van der Waals surface area contributed by atoms with Crippen molar-refractivity contribution in [3.63, 3.8) is 0 Å². The van der Waals surface area contributed by atoms with Gasteiger partial charge in [-0.05, 0) is 12.5 Å². The second-order valence-electron chi connectivity index (χ2n) is 4.50. The van der Waals surface area contributed by atoms with Crippen molar-refractivity contribution in [3.8, 4) is 0 Å². The Balaban J connectivity index is -0.000000310. The van der Waals surface area contributed by atoms with Gasteiger partial charge in [-0.15, -0.1) is 0 Å². The largest absolute Gasteiger partial charge is 0.481 e. The van der Waals surface area contributed by atoms with Crippen LogP contribution in [0.5, 0.6) is 0 Å². The summed E-state index contributed by atoms with van der Waals surface area (Å²) in [6, 6.07) is 9.13. The van der Waals surface area contributed by atoms with Crippen LogP contribution in [0.1, 0.15) is 25.3 Å². The van der Waals surface area contributed by atoms with Gasteiger partial charge in [-0.3, -0.25) is 19.2 Å². The van der Waals surface area contributed by atoms with Crippen molar-refractivity contribution in [1.82, 2.24) is 0 Å². The fraction of sp³-hybridized carbons (Fsp3) is 0.389. The van der Waals surface area contributed by atoms with E-state index >= 15 is 0 Å². The topological polar surface area (TPSA) is 133 Å². The number of carbonyl (C=O) groups is 5. The number of Topliss-reactive ketones (excluding diaryl/α,β-unsaturated/α-hetero) is 1. The Kier molecular flexibility index (Phi) is 24.1. The number of hydrogen-bond donors (Lipinski definition) is 1. The number of carboxylic acid groups (broad SMARTS) is 1. The lowest BCUT2D eigenvalue weighted by Crippen LogP contribution is -2.02. The van der Waals surface area contributed by atoms with E-state index < -0.39 is 5.97 Å². The Morgan fingerprint density at radius 2 is 1.37 bits per heavy atom. The highest BCUT2D eigenvalue weighted by molar-refractivity contribution is 5.80. The van der Waals surface area contributed by atoms with E-state index in [0.717, 1.165) is 5.56 Å². The minimum atomic E-state index is -0.786. The monoisotopic (exact) mass is 386 g/mol. The number of rotatable bonds is 7. The lowest BCUT2D eigenvalue weighted by atomic mass is 10.2. The Bertz CT molecular complexity index is 519. The smallest absolute Gasteiger partial charge is 0.307 e. The molecule has 9 heteroatoms. The third-order valence-corrected chi connectivity index (χ3v) is 2.30. The zero-order valence-electron chi connectivity index (χ0n) is 15.9. The molecule has 0 aliphatic carbocycles. The number of ether oxygens (including phenoxy) is 3. The van der Waals surface area contributed by atoms with Crippen molar-refractivity contribution in [2.45, 2.75) is 26.2 Å². The molecule has 0 unspecified atom stereocenters. The number of hydrogen-bond acceptors (Lipinski definition) is 8. The molecule has 0 spiro atoms. The molecular weight excluding hydrogens is 360 g/mol. The van der Waals surface area contributed by atoms with Crippen LogP contribution in [0.4, 0.5) is 0 Å². The van der Waals surface area contributed by atoms with E-state index in [2.05, 4.69) is 14.2 Å². The van der Waals surface area contributed by atoms with Crippen LogP contribution in [0.25, 0.3) is 0 Å². The Morgan fingerprint density at radius 3 is 1.67 bits per heavy atom. The third-order valence-electron chi connectivity index (χ3n) is 2.30. The van der Waals surface area contributed by atoms with Gasteiger partial charge in [-0.1, -0.05) is 30.3 Å². The van der Waals surface area contributed by atoms with Crippen LogP contribution in [-0.2, 0) is 44.6 Å². The molecule has 1 aromatic rings. The molecule has 0 bridgehead atoms. The van der Waals surface area contributed by atoms with Gasteiger partial charge in [-0.25, -0.2) is 0 Å². The van der Waals surface area contributed by atoms with Gasteiger partial charge >= 0.3 is 11.9 Å². The van der Waals surface area contributed by atoms with Gasteiger partial charge in [0.15, 0.2) is 0 Å². The first-order valence-electron chi connectivity index (χ1n) is 7.53. The second-order valence-corrected chi connectivity index (χ2v) is 4.50. The fourth-order valence-corrected chi connectivity index (χ4v) is 1.15. The summed E-state index contributed by atoms with van der Waals surface area (Å²) in [5.74, 6) is -1.10. The molecule has 1 aromatic carbocycles. The van der Waals surface area contributed by atoms with E-state index in [9.17, 15) is 14.4 Å². The zero-order chi connectivity index (χ0) is 21.5. The van der Waals surface area contributed by atoms with E-state index in [1.54, 1.807) is 12.1 Å². The number of esters is 1. The van der Waals surface area contributed by atoms with Gasteiger partial charge in [0.05, 0.1) is 34.2 Å². The highest BCUT2D eigenvalue weighted by atomic mass is 16.5. The van der Waals surface area contributed by atoms with Gasteiger partial charge in [-0.2, -0.15) is 0 Å². The standard InChI is InChI=1S/C8H8O2.C6H10O3.2C2H4O2/c9-8(10)6-7-4-2-1-3-5-7;1-5(7)3-4-6(8)9-2;2*1-4-2-3/h1-5H,6H2,(H,9,10);3-4H2,1-2H3;2*2H,1H3. The summed E-state index contributed by atoms with van der Waals surface area (Å²) in [6.45, 7) is 2.20. The first-order valence-corrected chi connectivity index (χ1v) is 7.53. The summed E-state index contributed by atoms with van der Waals surface area (Å²) in [5, 5.41) is 8.37. The molecule has 27 heavy (non-hydrogen) atoms. The molecule has 0 saturated carbocycles. The van der Waals surface area contributed by atoms with Crippen LogP contribution in [0, 0.1) is 0 Å². The van der Waals surface area contributed by atoms with E-state index in [0.29, 0.717) is 12.9 Å². The molecule has 1 N–H and O–H groups in total. The van der Waals surface area contributed by atoms with Gasteiger partial charge in [0.1, 0.15) is 5.78 Å². The summed E-state index contributed by atoms with van der Waals surface area (Å²) in [5.41, 5.74) is 0.843. The van der Waals surface area contributed by atoms with Gasteiger partial charge in [0.25, 0.3) is 12.9 Å². The van der Waals surface area contributed by atoms with Crippen LogP contribution >= 0.6 is 0 Å². The van der Waals surface area contributed by atoms with Gasteiger partial charge < -0.3 is 24.1 Å². The molecule has 0 radical (unpaired) electrons. The van der Waals surface area contributed by atoms with Crippen molar-refractivity contribution < 1.29 is 43.3 Å². The van der Waals surface area contributed by atoms with E-state index in [-0.39, 0.29) is 31.0 Å². The second kappa shape index (κ2) is 22.8. The number of benzene rings is 1. The van der Waals surface area contributed by atoms with Crippen molar-refractivity contribution in [1.29, 1.82) is 0 Å². The summed E-state index contributed by atoms with van der Waals surface area (Å²) in [6.07, 6.45) is 0.597. The van der Waals surface area contributed by atoms with Crippen LogP contribution < -0.4 is 0 Å². The molecule has 0 fully saturated rings. The predicted molar refractivity (Wildman–Crippen MR) is 95.9 cm³/mol. The first kappa shape index (κ1) is 28.6. The summed E-state index contributed by atoms with van der Waals surface area (Å²) < 4.78 is 12.0. The molecule has 0 atom stereocenters. The van der Waals surface area contributed by atoms with Gasteiger partial charge in [0, 0.05) is 6.42 Å².